The molecule has 0 radical (unpaired) electrons. The number of methoxy groups -OCH3 is 1. The van der Waals surface area contributed by atoms with Crippen LogP contribution in [0.25, 0.3) is 0 Å². The Bertz CT molecular complexity index is 1260. The molecule has 2 bridgehead atoms. The summed E-state index contributed by atoms with van der Waals surface area (Å²) in [5.74, 6) is 1.74. The van der Waals surface area contributed by atoms with Crippen LogP contribution in [0.15, 0.2) is 41.6 Å². The third-order valence-corrected chi connectivity index (χ3v) is 8.41. The normalized spacial score (nSPS) is 22.5. The zero-order valence-corrected chi connectivity index (χ0v) is 20.1. The van der Waals surface area contributed by atoms with Crippen LogP contribution in [0.1, 0.15) is 37.8 Å². The predicted molar refractivity (Wildman–Crippen MR) is 128 cm³/mol. The van der Waals surface area contributed by atoms with Crippen molar-refractivity contribution in [1.29, 1.82) is 0 Å². The number of aromatic nitrogens is 5. The minimum absolute atomic E-state index is 0.0111. The van der Waals surface area contributed by atoms with E-state index in [0.717, 1.165) is 19.3 Å². The van der Waals surface area contributed by atoms with Crippen LogP contribution < -0.4 is 15.4 Å². The number of nitrogens with zero attached hydrogens (tertiary/aromatic N) is 5. The van der Waals surface area contributed by atoms with Crippen LogP contribution in [0.5, 0.6) is 5.88 Å². The van der Waals surface area contributed by atoms with E-state index >= 15 is 0 Å². The molecule has 13 heteroatoms. The molecule has 0 amide bonds. The van der Waals surface area contributed by atoms with Crippen LogP contribution in [0.2, 0.25) is 0 Å². The van der Waals surface area contributed by atoms with E-state index in [9.17, 15) is 13.5 Å². The van der Waals surface area contributed by atoms with E-state index in [0.29, 0.717) is 42.0 Å². The molecule has 2 aliphatic heterocycles. The molecule has 4 N–H and O–H groups in total. The molecule has 35 heavy (non-hydrogen) atoms. The van der Waals surface area contributed by atoms with Crippen LogP contribution in [-0.2, 0) is 16.6 Å². The molecule has 12 nitrogen and oxygen atoms in total. The van der Waals surface area contributed by atoms with Crippen LogP contribution in [0.4, 0.5) is 17.6 Å². The average Bonchev–Trinajstić information content (AvgIpc) is 3.31. The number of nitrogens with one attached hydrogen (secondary N) is 3. The molecule has 5 heterocycles. The van der Waals surface area contributed by atoms with Crippen molar-refractivity contribution in [2.45, 2.75) is 61.7 Å². The fraction of sp³-hybridized carbons (Fsp3) is 0.455. The van der Waals surface area contributed by atoms with E-state index in [1.165, 1.54) is 13.3 Å². The van der Waals surface area contributed by atoms with Gasteiger partial charge in [0.25, 0.3) is 0 Å². The Hall–Kier alpha value is -3.29. The number of fused-ring (bicyclic) bond motifs is 2. The predicted octanol–water partition coefficient (Wildman–Crippen LogP) is 2.03. The number of hydrogen-bond acceptors (Lipinski definition) is 10. The van der Waals surface area contributed by atoms with Crippen molar-refractivity contribution < 1.29 is 18.3 Å². The number of aromatic amines is 1. The highest BCUT2D eigenvalue weighted by molar-refractivity contribution is 7.89. The smallest absolute Gasteiger partial charge is 0.245 e. The number of anilines is 3. The minimum Gasteiger partial charge on any atom is -0.481 e. The molecule has 3 atom stereocenters. The van der Waals surface area contributed by atoms with E-state index in [-0.39, 0.29) is 29.6 Å². The van der Waals surface area contributed by atoms with Crippen molar-refractivity contribution >= 4 is 27.6 Å². The number of pyridine rings is 1. The van der Waals surface area contributed by atoms with Gasteiger partial charge in [-0.1, -0.05) is 6.42 Å². The van der Waals surface area contributed by atoms with Gasteiger partial charge < -0.3 is 20.5 Å². The van der Waals surface area contributed by atoms with E-state index < -0.39 is 10.0 Å². The molecule has 5 rings (SSSR count). The van der Waals surface area contributed by atoms with Crippen LogP contribution in [0, 0.1) is 0 Å². The lowest BCUT2D eigenvalue weighted by Gasteiger charge is -2.47. The Morgan fingerprint density at radius 2 is 2.00 bits per heavy atom. The monoisotopic (exact) mass is 500 g/mol. The first-order valence-corrected chi connectivity index (χ1v) is 13.0. The zero-order chi connectivity index (χ0) is 24.4. The van der Waals surface area contributed by atoms with E-state index in [1.54, 1.807) is 34.8 Å². The summed E-state index contributed by atoms with van der Waals surface area (Å²) < 4.78 is 33.8. The summed E-state index contributed by atoms with van der Waals surface area (Å²) in [6.45, 7) is -0.147. The largest absolute Gasteiger partial charge is 0.481 e. The van der Waals surface area contributed by atoms with E-state index in [1.807, 2.05) is 0 Å². The highest BCUT2D eigenvalue weighted by atomic mass is 32.2. The Labute approximate surface area is 203 Å². The molecule has 0 saturated carbocycles. The topological polar surface area (TPSA) is 158 Å². The van der Waals surface area contributed by atoms with E-state index in [4.69, 9.17) is 4.74 Å². The highest BCUT2D eigenvalue weighted by Crippen LogP contribution is 2.39. The van der Waals surface area contributed by atoms with Gasteiger partial charge in [0.2, 0.25) is 21.9 Å². The van der Waals surface area contributed by atoms with Crippen molar-refractivity contribution in [3.63, 3.8) is 0 Å². The van der Waals surface area contributed by atoms with Gasteiger partial charge >= 0.3 is 0 Å². The summed E-state index contributed by atoms with van der Waals surface area (Å²) in [6, 6.07) is 6.39. The van der Waals surface area contributed by atoms with Gasteiger partial charge in [0.15, 0.2) is 5.82 Å². The number of ether oxygens (including phenoxy) is 1. The molecule has 0 aliphatic carbocycles. The lowest BCUT2D eigenvalue weighted by atomic mass is 9.84. The molecular formula is C22H28N8O4S. The highest BCUT2D eigenvalue weighted by Gasteiger charge is 2.45. The Morgan fingerprint density at radius 1 is 1.20 bits per heavy atom. The molecule has 186 valence electrons. The van der Waals surface area contributed by atoms with Gasteiger partial charge in [0.1, 0.15) is 10.7 Å². The molecule has 2 aliphatic rings. The summed E-state index contributed by atoms with van der Waals surface area (Å²) in [4.78, 5) is 13.2. The molecule has 3 aromatic rings. The molecule has 1 unspecified atom stereocenters. The molecule has 0 spiro atoms. The number of aliphatic hydroxyl groups is 1. The van der Waals surface area contributed by atoms with Crippen molar-refractivity contribution in [3.8, 4) is 5.88 Å². The quantitative estimate of drug-likeness (QED) is 0.360. The number of aliphatic hydroxyl groups excluding tert-OH is 1. The fourth-order valence-corrected chi connectivity index (χ4v) is 6.80. The second-order valence-electron chi connectivity index (χ2n) is 8.76. The lowest BCUT2D eigenvalue weighted by molar-refractivity contribution is 0.115. The fourth-order valence-electron chi connectivity index (χ4n) is 4.95. The second-order valence-corrected chi connectivity index (χ2v) is 10.6. The first-order chi connectivity index (χ1) is 17.0. The van der Waals surface area contributed by atoms with E-state index in [2.05, 4.69) is 35.8 Å². The Balaban J connectivity index is 1.33. The van der Waals surface area contributed by atoms with Crippen molar-refractivity contribution in [3.05, 3.63) is 42.4 Å². The third kappa shape index (κ3) is 4.92. The van der Waals surface area contributed by atoms with Gasteiger partial charge in [-0.25, -0.2) is 8.42 Å². The van der Waals surface area contributed by atoms with Gasteiger partial charge in [-0.15, -0.1) is 0 Å². The van der Waals surface area contributed by atoms with Crippen molar-refractivity contribution in [2.75, 3.05) is 17.7 Å². The molecule has 3 aromatic heterocycles. The number of hydrogen-bond donors (Lipinski definition) is 4. The molecule has 2 fully saturated rings. The summed E-state index contributed by atoms with van der Waals surface area (Å²) in [5, 5.41) is 22.5. The SMILES string of the molecule is COc1cc(Nc2cc(CO)[nH]n2)nc(NC2C[C@H]3CCC[C@@H](C2)N3S(=O)(=O)c2cccnc2)n1. The van der Waals surface area contributed by atoms with Gasteiger partial charge in [-0.05, 0) is 37.8 Å². The first kappa shape index (κ1) is 23.5. The third-order valence-electron chi connectivity index (χ3n) is 6.42. The van der Waals surface area contributed by atoms with Crippen LogP contribution >= 0.6 is 0 Å². The number of sulfonamides is 1. The maximum absolute atomic E-state index is 13.4. The summed E-state index contributed by atoms with van der Waals surface area (Å²) in [7, 11) is -2.09. The first-order valence-electron chi connectivity index (χ1n) is 11.5. The second kappa shape index (κ2) is 9.76. The summed E-state index contributed by atoms with van der Waals surface area (Å²) in [6.07, 6.45) is 6.92. The molecule has 2 saturated heterocycles. The maximum Gasteiger partial charge on any atom is 0.245 e. The van der Waals surface area contributed by atoms with Gasteiger partial charge in [0, 0.05) is 42.7 Å². The van der Waals surface area contributed by atoms with Gasteiger partial charge in [0.05, 0.1) is 19.4 Å². The molecule has 0 aromatic carbocycles. The van der Waals surface area contributed by atoms with Crippen molar-refractivity contribution in [2.24, 2.45) is 0 Å². The number of H-pyrrole nitrogens is 1. The zero-order valence-electron chi connectivity index (χ0n) is 19.3. The van der Waals surface area contributed by atoms with Gasteiger partial charge in [-0.2, -0.15) is 19.4 Å². The molecular weight excluding hydrogens is 472 g/mol. The summed E-state index contributed by atoms with van der Waals surface area (Å²) in [5.41, 5.74) is 0.575. The Morgan fingerprint density at radius 3 is 2.66 bits per heavy atom. The number of piperidine rings is 2. The summed E-state index contributed by atoms with van der Waals surface area (Å²) >= 11 is 0. The van der Waals surface area contributed by atoms with Crippen molar-refractivity contribution in [1.82, 2.24) is 29.5 Å². The van der Waals surface area contributed by atoms with Crippen LogP contribution in [-0.4, -0.2) is 68.2 Å². The maximum atomic E-state index is 13.4. The standard InChI is InChI=1S/C22H28N8O4S/c1-34-21-11-19(25-20-10-15(13-31)28-29-20)26-22(27-21)24-14-8-16-4-2-5-17(9-14)30(16)35(32,33)18-6-3-7-23-12-18/h3,6-7,10-12,14,16-17,31H,2,4-5,8-9,13H2,1H3,(H3,24,25,26,27,28,29)/t14?,16-,17+. The van der Waals surface area contributed by atoms with Gasteiger partial charge in [-0.3, -0.25) is 10.1 Å². The Kier molecular flexibility index (Phi) is 6.54. The minimum atomic E-state index is -3.62. The lowest BCUT2D eigenvalue weighted by Crippen LogP contribution is -2.57. The number of rotatable bonds is 8. The average molecular weight is 501 g/mol. The van der Waals surface area contributed by atoms with Crippen LogP contribution in [0.3, 0.4) is 0 Å².